The van der Waals surface area contributed by atoms with Crippen LogP contribution in [0, 0.1) is 0 Å². The minimum Gasteiger partial charge on any atom is -0.307 e. The Bertz CT molecular complexity index is 342. The Morgan fingerprint density at radius 2 is 1.78 bits per heavy atom. The molecule has 100 valence electrons. The van der Waals surface area contributed by atoms with Gasteiger partial charge in [-0.2, -0.15) is 0 Å². The molecule has 18 heavy (non-hydrogen) atoms. The summed E-state index contributed by atoms with van der Waals surface area (Å²) in [5, 5.41) is 3.74. The number of pyridine rings is 1. The molecule has 3 heteroatoms. The number of nitrogens with one attached hydrogen (secondary N) is 1. The van der Waals surface area contributed by atoms with E-state index in [-0.39, 0.29) is 0 Å². The number of hydrogen-bond acceptors (Lipinski definition) is 3. The minimum atomic E-state index is 0.420. The first-order chi connectivity index (χ1) is 8.66. The highest BCUT2D eigenvalue weighted by molar-refractivity contribution is 5.14. The van der Waals surface area contributed by atoms with Crippen LogP contribution in [0.4, 0.5) is 0 Å². The molecule has 1 aromatic heterocycles. The summed E-state index contributed by atoms with van der Waals surface area (Å²) in [7, 11) is 0. The lowest BCUT2D eigenvalue weighted by Crippen LogP contribution is -2.45. The van der Waals surface area contributed by atoms with Crippen LogP contribution >= 0.6 is 0 Å². The fraction of sp³-hybridized carbons (Fsp3) is 0.667. The molecule has 1 N–H and O–H groups in total. The molecule has 0 spiro atoms. The van der Waals surface area contributed by atoms with E-state index >= 15 is 0 Å². The Balaban J connectivity index is 1.81. The smallest absolute Gasteiger partial charge is 0.0295 e. The first kappa shape index (κ1) is 13.5. The molecule has 0 unspecified atom stereocenters. The fourth-order valence-electron chi connectivity index (χ4n) is 2.68. The van der Waals surface area contributed by atoms with Crippen molar-refractivity contribution < 1.29 is 0 Å². The van der Waals surface area contributed by atoms with Crippen molar-refractivity contribution in [3.8, 4) is 0 Å². The summed E-state index contributed by atoms with van der Waals surface area (Å²) in [4.78, 5) is 6.63. The van der Waals surface area contributed by atoms with Crippen molar-refractivity contribution in [1.29, 1.82) is 0 Å². The number of likely N-dealkylation sites (tertiary alicyclic amines) is 1. The van der Waals surface area contributed by atoms with E-state index in [0.717, 1.165) is 0 Å². The van der Waals surface area contributed by atoms with Gasteiger partial charge in [-0.1, -0.05) is 0 Å². The standard InChI is InChI=1S/C15H25N3/c1-12(2)18-10-6-15(7-11-18)17-13(3)14-4-8-16-9-5-14/h4-5,8-9,12-13,15,17H,6-7,10-11H2,1-3H3/t13-/m1/s1. The summed E-state index contributed by atoms with van der Waals surface area (Å²) in [6.07, 6.45) is 6.25. The van der Waals surface area contributed by atoms with Gasteiger partial charge in [-0.3, -0.25) is 4.98 Å². The van der Waals surface area contributed by atoms with Crippen LogP contribution in [-0.2, 0) is 0 Å². The van der Waals surface area contributed by atoms with Crippen molar-refractivity contribution in [2.45, 2.75) is 51.7 Å². The van der Waals surface area contributed by atoms with Crippen LogP contribution in [0.2, 0.25) is 0 Å². The number of rotatable bonds is 4. The zero-order valence-corrected chi connectivity index (χ0v) is 11.8. The average Bonchev–Trinajstić information content (AvgIpc) is 2.40. The van der Waals surface area contributed by atoms with Gasteiger partial charge in [-0.05, 0) is 64.4 Å². The highest BCUT2D eigenvalue weighted by atomic mass is 15.2. The predicted molar refractivity (Wildman–Crippen MR) is 75.5 cm³/mol. The predicted octanol–water partition coefficient (Wildman–Crippen LogP) is 2.61. The van der Waals surface area contributed by atoms with E-state index < -0.39 is 0 Å². The maximum atomic E-state index is 4.07. The molecule has 1 aliphatic heterocycles. The van der Waals surface area contributed by atoms with Crippen LogP contribution in [0.15, 0.2) is 24.5 Å². The molecule has 0 saturated carbocycles. The molecule has 1 saturated heterocycles. The molecule has 1 fully saturated rings. The molecule has 1 aromatic rings. The maximum Gasteiger partial charge on any atom is 0.0295 e. The number of aromatic nitrogens is 1. The molecular formula is C15H25N3. The molecule has 1 aliphatic rings. The molecule has 1 atom stereocenters. The highest BCUT2D eigenvalue weighted by Gasteiger charge is 2.21. The lowest BCUT2D eigenvalue weighted by molar-refractivity contribution is 0.157. The van der Waals surface area contributed by atoms with Crippen molar-refractivity contribution in [1.82, 2.24) is 15.2 Å². The van der Waals surface area contributed by atoms with Crippen LogP contribution in [0.3, 0.4) is 0 Å². The van der Waals surface area contributed by atoms with Gasteiger partial charge >= 0.3 is 0 Å². The second-order valence-corrected chi connectivity index (χ2v) is 5.57. The van der Waals surface area contributed by atoms with Gasteiger partial charge in [0.2, 0.25) is 0 Å². The number of hydrogen-bond donors (Lipinski definition) is 1. The van der Waals surface area contributed by atoms with E-state index in [1.807, 2.05) is 12.4 Å². The average molecular weight is 247 g/mol. The van der Waals surface area contributed by atoms with Gasteiger partial charge in [0, 0.05) is 30.5 Å². The summed E-state index contributed by atoms with van der Waals surface area (Å²) in [5.41, 5.74) is 1.33. The molecule has 0 amide bonds. The van der Waals surface area contributed by atoms with Crippen molar-refractivity contribution in [2.24, 2.45) is 0 Å². The fourth-order valence-corrected chi connectivity index (χ4v) is 2.68. The number of nitrogens with zero attached hydrogens (tertiary/aromatic N) is 2. The zero-order valence-electron chi connectivity index (χ0n) is 11.8. The Kier molecular flexibility index (Phi) is 4.72. The Hall–Kier alpha value is -0.930. The van der Waals surface area contributed by atoms with Gasteiger partial charge in [0.05, 0.1) is 0 Å². The summed E-state index contributed by atoms with van der Waals surface area (Å²) < 4.78 is 0. The molecule has 2 rings (SSSR count). The second-order valence-electron chi connectivity index (χ2n) is 5.57. The summed E-state index contributed by atoms with van der Waals surface area (Å²) in [6.45, 7) is 9.25. The van der Waals surface area contributed by atoms with Crippen molar-refractivity contribution in [2.75, 3.05) is 13.1 Å². The topological polar surface area (TPSA) is 28.2 Å². The van der Waals surface area contributed by atoms with Crippen LogP contribution in [0.5, 0.6) is 0 Å². The second kappa shape index (κ2) is 6.30. The van der Waals surface area contributed by atoms with Gasteiger partial charge in [-0.15, -0.1) is 0 Å². The van der Waals surface area contributed by atoms with Crippen LogP contribution in [0.1, 0.15) is 45.2 Å². The van der Waals surface area contributed by atoms with Gasteiger partial charge in [0.25, 0.3) is 0 Å². The normalized spacial score (nSPS) is 20.2. The summed E-state index contributed by atoms with van der Waals surface area (Å²) in [6, 6.07) is 5.96. The van der Waals surface area contributed by atoms with E-state index in [0.29, 0.717) is 18.1 Å². The van der Waals surface area contributed by atoms with E-state index in [4.69, 9.17) is 0 Å². The van der Waals surface area contributed by atoms with Crippen LogP contribution in [0.25, 0.3) is 0 Å². The first-order valence-corrected chi connectivity index (χ1v) is 7.07. The molecular weight excluding hydrogens is 222 g/mol. The van der Waals surface area contributed by atoms with Gasteiger partial charge in [-0.25, -0.2) is 0 Å². The van der Waals surface area contributed by atoms with E-state index in [1.165, 1.54) is 31.5 Å². The maximum absolute atomic E-state index is 4.07. The SMILES string of the molecule is CC(C)N1CCC(N[C@H](C)c2ccncc2)CC1. The third-order valence-electron chi connectivity index (χ3n) is 3.95. The highest BCUT2D eigenvalue weighted by Crippen LogP contribution is 2.17. The van der Waals surface area contributed by atoms with E-state index in [9.17, 15) is 0 Å². The van der Waals surface area contributed by atoms with E-state index in [1.54, 1.807) is 0 Å². The molecule has 0 aromatic carbocycles. The summed E-state index contributed by atoms with van der Waals surface area (Å²) in [5.74, 6) is 0. The third kappa shape index (κ3) is 3.53. The largest absolute Gasteiger partial charge is 0.307 e. The van der Waals surface area contributed by atoms with Gasteiger partial charge in [0.1, 0.15) is 0 Å². The quantitative estimate of drug-likeness (QED) is 0.886. The van der Waals surface area contributed by atoms with E-state index in [2.05, 4.69) is 48.1 Å². The minimum absolute atomic E-state index is 0.420. The molecule has 0 bridgehead atoms. The lowest BCUT2D eigenvalue weighted by Gasteiger charge is -2.36. The Morgan fingerprint density at radius 1 is 1.17 bits per heavy atom. The third-order valence-corrected chi connectivity index (χ3v) is 3.95. The van der Waals surface area contributed by atoms with Crippen molar-refractivity contribution in [3.63, 3.8) is 0 Å². The summed E-state index contributed by atoms with van der Waals surface area (Å²) >= 11 is 0. The van der Waals surface area contributed by atoms with Gasteiger partial charge < -0.3 is 10.2 Å². The van der Waals surface area contributed by atoms with Crippen LogP contribution in [-0.4, -0.2) is 35.1 Å². The molecule has 3 nitrogen and oxygen atoms in total. The zero-order chi connectivity index (χ0) is 13.0. The van der Waals surface area contributed by atoms with Crippen molar-refractivity contribution >= 4 is 0 Å². The lowest BCUT2D eigenvalue weighted by atomic mass is 10.0. The Morgan fingerprint density at radius 3 is 2.33 bits per heavy atom. The molecule has 0 aliphatic carbocycles. The van der Waals surface area contributed by atoms with Crippen LogP contribution < -0.4 is 5.32 Å². The van der Waals surface area contributed by atoms with Gasteiger partial charge in [0.15, 0.2) is 0 Å². The first-order valence-electron chi connectivity index (χ1n) is 7.07. The molecule has 0 radical (unpaired) electrons. The number of piperidine rings is 1. The monoisotopic (exact) mass is 247 g/mol. The molecule has 2 heterocycles. The van der Waals surface area contributed by atoms with Crippen molar-refractivity contribution in [3.05, 3.63) is 30.1 Å². The Labute approximate surface area is 111 Å².